The molecule has 0 unspecified atom stereocenters. The summed E-state index contributed by atoms with van der Waals surface area (Å²) < 4.78 is 7.82. The lowest BCUT2D eigenvalue weighted by atomic mass is 10.1. The molecule has 1 amide bonds. The molecule has 2 aliphatic heterocycles. The molecule has 2 aliphatic rings. The van der Waals surface area contributed by atoms with Gasteiger partial charge in [0.05, 0.1) is 16.3 Å². The number of rotatable bonds is 6. The van der Waals surface area contributed by atoms with Crippen LogP contribution in [-0.4, -0.2) is 38.8 Å². The fraction of sp³-hybridized carbons (Fsp3) is 0.194. The minimum Gasteiger partial charge on any atom is -0.489 e. The van der Waals surface area contributed by atoms with Crippen LogP contribution in [0.5, 0.6) is 5.75 Å². The molecule has 0 atom stereocenters. The molecule has 8 heteroatoms. The van der Waals surface area contributed by atoms with Crippen molar-refractivity contribution in [2.24, 2.45) is 4.99 Å². The van der Waals surface area contributed by atoms with Crippen LogP contribution in [0.3, 0.4) is 0 Å². The van der Waals surface area contributed by atoms with Gasteiger partial charge in [0, 0.05) is 35.4 Å². The molecule has 0 bridgehead atoms. The van der Waals surface area contributed by atoms with Crippen LogP contribution in [0.4, 0.5) is 0 Å². The molecule has 0 spiro atoms. The van der Waals surface area contributed by atoms with Crippen molar-refractivity contribution in [3.63, 3.8) is 0 Å². The largest absolute Gasteiger partial charge is 0.489 e. The molecule has 1 aromatic heterocycles. The molecule has 3 heterocycles. The second kappa shape index (κ2) is 11.5. The summed E-state index contributed by atoms with van der Waals surface area (Å²) >= 11 is 7.44. The first-order valence-electron chi connectivity index (χ1n) is 13.0. The maximum absolute atomic E-state index is 12.9. The third-order valence-electron chi connectivity index (χ3n) is 6.73. The highest BCUT2D eigenvalue weighted by Gasteiger charge is 2.27. The van der Waals surface area contributed by atoms with Crippen molar-refractivity contribution in [3.05, 3.63) is 106 Å². The van der Waals surface area contributed by atoms with Crippen molar-refractivity contribution in [2.75, 3.05) is 13.1 Å². The van der Waals surface area contributed by atoms with Gasteiger partial charge in [0.25, 0.3) is 5.91 Å². The molecular weight excluding hydrogens is 528 g/mol. The number of para-hydroxylation sites is 1. The summed E-state index contributed by atoms with van der Waals surface area (Å²) in [5.41, 5.74) is 4.57. The van der Waals surface area contributed by atoms with Gasteiger partial charge in [-0.15, -0.1) is 0 Å². The third kappa shape index (κ3) is 5.95. The van der Waals surface area contributed by atoms with E-state index in [4.69, 9.17) is 21.4 Å². The van der Waals surface area contributed by atoms with Gasteiger partial charge in [0.15, 0.2) is 5.17 Å². The molecule has 0 aliphatic carbocycles. The first-order valence-corrected chi connectivity index (χ1v) is 14.2. The topological polar surface area (TPSA) is 59.7 Å². The quantitative estimate of drug-likeness (QED) is 0.235. The molecule has 0 saturated carbocycles. The lowest BCUT2D eigenvalue weighted by molar-refractivity contribution is -0.113. The predicted octanol–water partition coefficient (Wildman–Crippen LogP) is 7.23. The standard InChI is InChI=1S/C31H27ClN4O2S/c32-25-13-9-22(10-14-25)21-38-27-15-11-23(12-16-27)29-24(20-36(34-29)26-7-3-1-4-8-26)19-28-30(37)33-31(39-28)35-17-5-2-6-18-35/h1,3-4,7-16,19-20H,2,5-6,17-18,21H2. The van der Waals surface area contributed by atoms with Crippen molar-refractivity contribution < 1.29 is 9.53 Å². The lowest BCUT2D eigenvalue weighted by Crippen LogP contribution is -2.33. The predicted molar refractivity (Wildman–Crippen MR) is 158 cm³/mol. The zero-order valence-corrected chi connectivity index (χ0v) is 22.9. The Morgan fingerprint density at radius 2 is 1.67 bits per heavy atom. The van der Waals surface area contributed by atoms with Gasteiger partial charge < -0.3 is 9.64 Å². The van der Waals surface area contributed by atoms with Crippen molar-refractivity contribution in [1.29, 1.82) is 0 Å². The number of halogens is 1. The number of likely N-dealkylation sites (tertiary alicyclic amines) is 1. The number of amides is 1. The maximum atomic E-state index is 12.9. The van der Waals surface area contributed by atoms with Crippen molar-refractivity contribution in [2.45, 2.75) is 25.9 Å². The number of aromatic nitrogens is 2. The number of piperidine rings is 1. The van der Waals surface area contributed by atoms with E-state index in [-0.39, 0.29) is 5.91 Å². The molecule has 0 N–H and O–H groups in total. The Bertz CT molecular complexity index is 1520. The van der Waals surface area contributed by atoms with Crippen molar-refractivity contribution in [1.82, 2.24) is 14.7 Å². The Morgan fingerprint density at radius 3 is 2.41 bits per heavy atom. The SMILES string of the molecule is O=C1N=C(N2CCCCC2)SC1=Cc1cn(-c2ccccc2)nc1-c1ccc(OCc2ccc(Cl)cc2)cc1. The van der Waals surface area contributed by atoms with Crippen molar-refractivity contribution >= 4 is 40.5 Å². The van der Waals surface area contributed by atoms with Crippen LogP contribution < -0.4 is 4.74 Å². The van der Waals surface area contributed by atoms with E-state index < -0.39 is 0 Å². The van der Waals surface area contributed by atoms with Gasteiger partial charge in [-0.2, -0.15) is 10.1 Å². The van der Waals surface area contributed by atoms with Crippen LogP contribution in [0.1, 0.15) is 30.4 Å². The molecule has 0 radical (unpaired) electrons. The average Bonchev–Trinajstić information content (AvgIpc) is 3.57. The second-order valence-corrected chi connectivity index (χ2v) is 11.0. The summed E-state index contributed by atoms with van der Waals surface area (Å²) in [6.45, 7) is 2.36. The Morgan fingerprint density at radius 1 is 0.923 bits per heavy atom. The van der Waals surface area contributed by atoms with E-state index in [1.165, 1.54) is 18.2 Å². The monoisotopic (exact) mass is 554 g/mol. The highest BCUT2D eigenvalue weighted by Crippen LogP contribution is 2.34. The van der Waals surface area contributed by atoms with E-state index in [1.807, 2.05) is 95.8 Å². The third-order valence-corrected chi connectivity index (χ3v) is 8.03. The molecule has 196 valence electrons. The fourth-order valence-electron chi connectivity index (χ4n) is 4.65. The zero-order valence-electron chi connectivity index (χ0n) is 21.3. The lowest BCUT2D eigenvalue weighted by Gasteiger charge is -2.27. The summed E-state index contributed by atoms with van der Waals surface area (Å²) in [6.07, 6.45) is 7.40. The average molecular weight is 555 g/mol. The molecule has 39 heavy (non-hydrogen) atoms. The van der Waals surface area contributed by atoms with Gasteiger partial charge in [0.1, 0.15) is 12.4 Å². The van der Waals surface area contributed by atoms with E-state index in [0.717, 1.165) is 64.9 Å². The summed E-state index contributed by atoms with van der Waals surface area (Å²) in [6, 6.07) is 25.5. The molecule has 6 rings (SSSR count). The molecule has 6 nitrogen and oxygen atoms in total. The number of hydrogen-bond donors (Lipinski definition) is 0. The number of nitrogens with zero attached hydrogens (tertiary/aromatic N) is 4. The molecule has 1 saturated heterocycles. The second-order valence-electron chi connectivity index (χ2n) is 9.51. The van der Waals surface area contributed by atoms with Crippen LogP contribution in [0.2, 0.25) is 5.02 Å². The summed E-state index contributed by atoms with van der Waals surface area (Å²) in [5.74, 6) is 0.571. The van der Waals surface area contributed by atoms with Gasteiger partial charge in [-0.3, -0.25) is 4.79 Å². The van der Waals surface area contributed by atoms with Gasteiger partial charge in [-0.05, 0) is 91.2 Å². The molecule has 4 aromatic rings. The van der Waals surface area contributed by atoms with Crippen LogP contribution in [0.25, 0.3) is 23.0 Å². The van der Waals surface area contributed by atoms with E-state index in [1.54, 1.807) is 0 Å². The number of thioether (sulfide) groups is 1. The Kier molecular flexibility index (Phi) is 7.52. The van der Waals surface area contributed by atoms with Crippen molar-refractivity contribution in [3.8, 4) is 22.7 Å². The number of carbonyl (C=O) groups excluding carboxylic acids is 1. The van der Waals surface area contributed by atoms with Gasteiger partial charge in [0.2, 0.25) is 0 Å². The minimum absolute atomic E-state index is 0.190. The smallest absolute Gasteiger partial charge is 0.286 e. The number of amidine groups is 1. The number of ether oxygens (including phenoxy) is 1. The summed E-state index contributed by atoms with van der Waals surface area (Å²) in [4.78, 5) is 20.1. The molecule has 1 fully saturated rings. The van der Waals surface area contributed by atoms with Crippen LogP contribution in [-0.2, 0) is 11.4 Å². The normalized spacial score (nSPS) is 16.5. The Labute approximate surface area is 237 Å². The molecular formula is C31H27ClN4O2S. The van der Waals surface area contributed by atoms with E-state index in [0.29, 0.717) is 16.5 Å². The van der Waals surface area contributed by atoms with Gasteiger partial charge in [-0.1, -0.05) is 41.9 Å². The Balaban J connectivity index is 1.26. The number of hydrogen-bond acceptors (Lipinski definition) is 5. The highest BCUT2D eigenvalue weighted by atomic mass is 35.5. The maximum Gasteiger partial charge on any atom is 0.286 e. The summed E-state index contributed by atoms with van der Waals surface area (Å²) in [5, 5.41) is 6.42. The van der Waals surface area contributed by atoms with Crippen LogP contribution in [0, 0.1) is 0 Å². The number of aliphatic imine (C=N–C) groups is 1. The van der Waals surface area contributed by atoms with Crippen LogP contribution >= 0.6 is 23.4 Å². The van der Waals surface area contributed by atoms with Crippen LogP contribution in [0.15, 0.2) is 95.0 Å². The van der Waals surface area contributed by atoms with E-state index >= 15 is 0 Å². The summed E-state index contributed by atoms with van der Waals surface area (Å²) in [7, 11) is 0. The van der Waals surface area contributed by atoms with E-state index in [2.05, 4.69) is 9.89 Å². The van der Waals surface area contributed by atoms with Gasteiger partial charge in [-0.25, -0.2) is 4.68 Å². The zero-order chi connectivity index (χ0) is 26.6. The first kappa shape index (κ1) is 25.5. The number of carbonyl (C=O) groups is 1. The fourth-order valence-corrected chi connectivity index (χ4v) is 5.73. The minimum atomic E-state index is -0.190. The van der Waals surface area contributed by atoms with E-state index in [9.17, 15) is 4.79 Å². The Hall–Kier alpha value is -3.81. The molecule has 3 aromatic carbocycles. The first-order chi connectivity index (χ1) is 19.1. The highest BCUT2D eigenvalue weighted by molar-refractivity contribution is 8.18. The number of benzene rings is 3. The van der Waals surface area contributed by atoms with Gasteiger partial charge >= 0.3 is 0 Å².